The maximum atomic E-state index is 11.5. The molecule has 1 rings (SSSR count). The SMILES string of the molecule is COC(=O)C(C)(N)CCOC1CC(C)CCC1C(C)C. The molecule has 4 unspecified atom stereocenters. The molecule has 118 valence electrons. The molecule has 1 aliphatic rings. The van der Waals surface area contributed by atoms with Gasteiger partial charge in [0.15, 0.2) is 0 Å². The second-order valence-electron chi connectivity index (χ2n) is 6.89. The third-order valence-electron chi connectivity index (χ3n) is 4.57. The quantitative estimate of drug-likeness (QED) is 0.762. The van der Waals surface area contributed by atoms with E-state index in [1.54, 1.807) is 6.92 Å². The Bertz CT molecular complexity index is 315. The van der Waals surface area contributed by atoms with Crippen molar-refractivity contribution in [2.45, 2.75) is 65.0 Å². The minimum absolute atomic E-state index is 0.298. The molecule has 0 aromatic heterocycles. The average molecular weight is 285 g/mol. The van der Waals surface area contributed by atoms with E-state index in [4.69, 9.17) is 15.2 Å². The highest BCUT2D eigenvalue weighted by Crippen LogP contribution is 2.35. The predicted molar refractivity (Wildman–Crippen MR) is 80.3 cm³/mol. The van der Waals surface area contributed by atoms with Crippen molar-refractivity contribution in [3.63, 3.8) is 0 Å². The summed E-state index contributed by atoms with van der Waals surface area (Å²) < 4.78 is 10.8. The maximum absolute atomic E-state index is 11.5. The molecule has 2 N–H and O–H groups in total. The summed E-state index contributed by atoms with van der Waals surface area (Å²) in [6, 6.07) is 0. The highest BCUT2D eigenvalue weighted by Gasteiger charge is 2.33. The van der Waals surface area contributed by atoms with E-state index in [0.717, 1.165) is 12.3 Å². The van der Waals surface area contributed by atoms with Crippen LogP contribution in [0, 0.1) is 17.8 Å². The van der Waals surface area contributed by atoms with Crippen LogP contribution in [0.3, 0.4) is 0 Å². The molecule has 0 aromatic carbocycles. The lowest BCUT2D eigenvalue weighted by Crippen LogP contribution is -2.47. The van der Waals surface area contributed by atoms with Crippen LogP contribution >= 0.6 is 0 Å². The van der Waals surface area contributed by atoms with Gasteiger partial charge in [0.2, 0.25) is 0 Å². The van der Waals surface area contributed by atoms with Gasteiger partial charge in [0.1, 0.15) is 5.54 Å². The van der Waals surface area contributed by atoms with E-state index in [0.29, 0.717) is 31.0 Å². The molecule has 4 atom stereocenters. The largest absolute Gasteiger partial charge is 0.468 e. The Hall–Kier alpha value is -0.610. The van der Waals surface area contributed by atoms with E-state index in [1.165, 1.54) is 20.0 Å². The van der Waals surface area contributed by atoms with Crippen LogP contribution in [-0.4, -0.2) is 31.3 Å². The van der Waals surface area contributed by atoms with E-state index in [1.807, 2.05) is 0 Å². The number of rotatable bonds is 6. The van der Waals surface area contributed by atoms with Gasteiger partial charge >= 0.3 is 5.97 Å². The van der Waals surface area contributed by atoms with Gasteiger partial charge in [-0.25, -0.2) is 0 Å². The first kappa shape index (κ1) is 17.4. The summed E-state index contributed by atoms with van der Waals surface area (Å²) in [6.45, 7) is 9.03. The number of carbonyl (C=O) groups excluding carboxylic acids is 1. The smallest absolute Gasteiger partial charge is 0.325 e. The fourth-order valence-corrected chi connectivity index (χ4v) is 3.06. The topological polar surface area (TPSA) is 61.5 Å². The van der Waals surface area contributed by atoms with Crippen LogP contribution in [0.25, 0.3) is 0 Å². The van der Waals surface area contributed by atoms with Crippen molar-refractivity contribution < 1.29 is 14.3 Å². The van der Waals surface area contributed by atoms with Crippen LogP contribution < -0.4 is 5.73 Å². The molecule has 20 heavy (non-hydrogen) atoms. The summed E-state index contributed by atoms with van der Waals surface area (Å²) in [4.78, 5) is 11.5. The predicted octanol–water partition coefficient (Wildman–Crippen LogP) is 2.74. The molecule has 0 aromatic rings. The number of hydrogen-bond donors (Lipinski definition) is 1. The number of esters is 1. The lowest BCUT2D eigenvalue weighted by Gasteiger charge is -2.37. The molecule has 4 nitrogen and oxygen atoms in total. The molecule has 1 fully saturated rings. The van der Waals surface area contributed by atoms with Gasteiger partial charge in [-0.15, -0.1) is 0 Å². The molecular weight excluding hydrogens is 254 g/mol. The molecule has 0 aliphatic heterocycles. The maximum Gasteiger partial charge on any atom is 0.325 e. The van der Waals surface area contributed by atoms with Crippen LogP contribution in [0.2, 0.25) is 0 Å². The van der Waals surface area contributed by atoms with Gasteiger partial charge in [0, 0.05) is 6.61 Å². The zero-order chi connectivity index (χ0) is 15.3. The summed E-state index contributed by atoms with van der Waals surface area (Å²) >= 11 is 0. The Morgan fingerprint density at radius 2 is 2.05 bits per heavy atom. The third-order valence-corrected chi connectivity index (χ3v) is 4.57. The molecule has 0 spiro atoms. The molecule has 0 heterocycles. The van der Waals surface area contributed by atoms with Gasteiger partial charge in [0.25, 0.3) is 0 Å². The Kier molecular flexibility index (Phi) is 6.46. The number of nitrogens with two attached hydrogens (primary N) is 1. The average Bonchev–Trinajstić information content (AvgIpc) is 2.37. The molecule has 4 heteroatoms. The lowest BCUT2D eigenvalue weighted by molar-refractivity contribution is -0.147. The number of ether oxygens (including phenoxy) is 2. The molecule has 0 radical (unpaired) electrons. The van der Waals surface area contributed by atoms with Crippen molar-refractivity contribution in [2.24, 2.45) is 23.5 Å². The number of hydrogen-bond acceptors (Lipinski definition) is 4. The van der Waals surface area contributed by atoms with Crippen molar-refractivity contribution >= 4 is 5.97 Å². The Morgan fingerprint density at radius 1 is 1.40 bits per heavy atom. The first-order valence-corrected chi connectivity index (χ1v) is 7.76. The number of carbonyl (C=O) groups is 1. The molecule has 1 aliphatic carbocycles. The van der Waals surface area contributed by atoms with Gasteiger partial charge in [-0.05, 0) is 43.9 Å². The van der Waals surface area contributed by atoms with E-state index >= 15 is 0 Å². The summed E-state index contributed by atoms with van der Waals surface area (Å²) in [6.07, 6.45) is 4.43. The zero-order valence-corrected chi connectivity index (χ0v) is 13.6. The highest BCUT2D eigenvalue weighted by molar-refractivity contribution is 5.79. The first-order valence-electron chi connectivity index (χ1n) is 7.76. The van der Waals surface area contributed by atoms with Crippen molar-refractivity contribution in [3.8, 4) is 0 Å². The highest BCUT2D eigenvalue weighted by atomic mass is 16.5. The van der Waals surface area contributed by atoms with E-state index < -0.39 is 5.54 Å². The zero-order valence-electron chi connectivity index (χ0n) is 13.6. The molecular formula is C16H31NO3. The van der Waals surface area contributed by atoms with Gasteiger partial charge in [-0.3, -0.25) is 4.79 Å². The summed E-state index contributed by atoms with van der Waals surface area (Å²) in [5.74, 6) is 1.60. The second kappa shape index (κ2) is 7.41. The monoisotopic (exact) mass is 285 g/mol. The van der Waals surface area contributed by atoms with Crippen LogP contribution in [0.1, 0.15) is 53.4 Å². The fraction of sp³-hybridized carbons (Fsp3) is 0.938. The summed E-state index contributed by atoms with van der Waals surface area (Å²) in [5, 5.41) is 0. The normalized spacial score (nSPS) is 30.1. The molecule has 0 bridgehead atoms. The molecule has 0 amide bonds. The van der Waals surface area contributed by atoms with Crippen LogP contribution in [0.4, 0.5) is 0 Å². The lowest BCUT2D eigenvalue weighted by atomic mass is 9.75. The molecule has 1 saturated carbocycles. The number of methoxy groups -OCH3 is 1. The molecule has 0 saturated heterocycles. The van der Waals surface area contributed by atoms with Gasteiger partial charge in [-0.1, -0.05) is 27.2 Å². The Balaban J connectivity index is 2.47. The minimum atomic E-state index is -0.956. The van der Waals surface area contributed by atoms with Crippen molar-refractivity contribution in [3.05, 3.63) is 0 Å². The van der Waals surface area contributed by atoms with E-state index in [-0.39, 0.29) is 5.97 Å². The van der Waals surface area contributed by atoms with Crippen molar-refractivity contribution in [1.29, 1.82) is 0 Å². The second-order valence-corrected chi connectivity index (χ2v) is 6.89. The van der Waals surface area contributed by atoms with Gasteiger partial charge < -0.3 is 15.2 Å². The van der Waals surface area contributed by atoms with Gasteiger partial charge in [0.05, 0.1) is 13.2 Å². The minimum Gasteiger partial charge on any atom is -0.468 e. The van der Waals surface area contributed by atoms with Crippen LogP contribution in [0.5, 0.6) is 0 Å². The fourth-order valence-electron chi connectivity index (χ4n) is 3.06. The van der Waals surface area contributed by atoms with Crippen LogP contribution in [-0.2, 0) is 14.3 Å². The first-order chi connectivity index (χ1) is 9.27. The standard InChI is InChI=1S/C16H31NO3/c1-11(2)13-7-6-12(3)10-14(13)20-9-8-16(4,17)15(18)19-5/h11-14H,6-10,17H2,1-5H3. The van der Waals surface area contributed by atoms with E-state index in [2.05, 4.69) is 20.8 Å². The third kappa shape index (κ3) is 4.74. The van der Waals surface area contributed by atoms with Gasteiger partial charge in [-0.2, -0.15) is 0 Å². The van der Waals surface area contributed by atoms with Crippen molar-refractivity contribution in [2.75, 3.05) is 13.7 Å². The Morgan fingerprint density at radius 3 is 2.60 bits per heavy atom. The summed E-state index contributed by atoms with van der Waals surface area (Å²) in [5.41, 5.74) is 5.00. The van der Waals surface area contributed by atoms with E-state index in [9.17, 15) is 4.79 Å². The Labute approximate surface area is 123 Å². The van der Waals surface area contributed by atoms with Crippen molar-refractivity contribution in [1.82, 2.24) is 0 Å². The summed E-state index contributed by atoms with van der Waals surface area (Å²) in [7, 11) is 1.37. The van der Waals surface area contributed by atoms with Crippen LogP contribution in [0.15, 0.2) is 0 Å².